The van der Waals surface area contributed by atoms with Crippen molar-refractivity contribution < 1.29 is 4.74 Å². The molecule has 110 valence electrons. The molecule has 0 fully saturated rings. The van der Waals surface area contributed by atoms with E-state index in [2.05, 4.69) is 40.1 Å². The average Bonchev–Trinajstić information content (AvgIpc) is 2.91. The molecule has 0 spiro atoms. The molecule has 6 heteroatoms. The predicted octanol–water partition coefficient (Wildman–Crippen LogP) is 2.67. The van der Waals surface area contributed by atoms with Gasteiger partial charge in [0.15, 0.2) is 5.96 Å². The molecular weight excluding hydrogens is 373 g/mol. The van der Waals surface area contributed by atoms with Crippen molar-refractivity contribution in [2.24, 2.45) is 4.99 Å². The van der Waals surface area contributed by atoms with Gasteiger partial charge in [-0.25, -0.2) is 0 Å². The van der Waals surface area contributed by atoms with Gasteiger partial charge in [0, 0.05) is 37.5 Å². The Hall–Kier alpha value is -0.340. The fourth-order valence-electron chi connectivity index (χ4n) is 1.53. The van der Waals surface area contributed by atoms with Crippen molar-refractivity contribution in [2.45, 2.75) is 19.8 Å². The van der Waals surface area contributed by atoms with Gasteiger partial charge < -0.3 is 15.4 Å². The molecule has 2 N–H and O–H groups in total. The first kappa shape index (κ1) is 18.7. The minimum Gasteiger partial charge on any atom is -0.380 e. The summed E-state index contributed by atoms with van der Waals surface area (Å²) in [4.78, 5) is 5.58. The molecule has 0 amide bonds. The number of guanidine groups is 1. The van der Waals surface area contributed by atoms with Crippen LogP contribution < -0.4 is 10.6 Å². The van der Waals surface area contributed by atoms with Gasteiger partial charge in [0.2, 0.25) is 0 Å². The van der Waals surface area contributed by atoms with E-state index in [0.29, 0.717) is 12.5 Å². The van der Waals surface area contributed by atoms with Crippen LogP contribution in [0.5, 0.6) is 0 Å². The zero-order valence-corrected chi connectivity index (χ0v) is 15.0. The van der Waals surface area contributed by atoms with E-state index in [4.69, 9.17) is 4.74 Å². The Kier molecular flexibility index (Phi) is 11.3. The minimum atomic E-state index is 0. The summed E-state index contributed by atoms with van der Waals surface area (Å²) in [5.41, 5.74) is 0. The molecule has 0 radical (unpaired) electrons. The number of thiophene rings is 1. The number of hydrogen-bond acceptors (Lipinski definition) is 3. The van der Waals surface area contributed by atoms with Crippen molar-refractivity contribution in [1.29, 1.82) is 0 Å². The standard InChI is InChI=1S/C13H23N3OS.HI/c1-4-17-8-7-15-13(14-3)16-10-11(2)12-6-5-9-18-12;/h5-6,9,11H,4,7-8,10H2,1-3H3,(H2,14,15,16);1H. The number of rotatable bonds is 7. The Bertz CT molecular complexity index is 344. The first-order chi connectivity index (χ1) is 8.77. The molecule has 0 aliphatic rings. The molecule has 1 heterocycles. The Morgan fingerprint density at radius 1 is 1.47 bits per heavy atom. The summed E-state index contributed by atoms with van der Waals surface area (Å²) < 4.78 is 5.27. The van der Waals surface area contributed by atoms with Gasteiger partial charge in [-0.3, -0.25) is 4.99 Å². The van der Waals surface area contributed by atoms with Gasteiger partial charge >= 0.3 is 0 Å². The molecule has 1 unspecified atom stereocenters. The maximum absolute atomic E-state index is 5.27. The van der Waals surface area contributed by atoms with Crippen molar-refractivity contribution in [1.82, 2.24) is 10.6 Å². The number of halogens is 1. The van der Waals surface area contributed by atoms with Crippen LogP contribution in [0.25, 0.3) is 0 Å². The third-order valence-corrected chi connectivity index (χ3v) is 3.67. The van der Waals surface area contributed by atoms with E-state index in [1.54, 1.807) is 18.4 Å². The number of nitrogens with zero attached hydrogens (tertiary/aromatic N) is 1. The molecule has 0 aromatic carbocycles. The monoisotopic (exact) mass is 397 g/mol. The van der Waals surface area contributed by atoms with Gasteiger partial charge in [-0.05, 0) is 18.4 Å². The summed E-state index contributed by atoms with van der Waals surface area (Å²) in [5.74, 6) is 1.33. The molecular formula is C13H24IN3OS. The molecule has 0 aliphatic heterocycles. The molecule has 0 saturated heterocycles. The molecule has 19 heavy (non-hydrogen) atoms. The summed E-state index contributed by atoms with van der Waals surface area (Å²) in [6, 6.07) is 4.26. The van der Waals surface area contributed by atoms with Crippen molar-refractivity contribution >= 4 is 41.3 Å². The van der Waals surface area contributed by atoms with Gasteiger partial charge in [0.05, 0.1) is 6.61 Å². The summed E-state index contributed by atoms with van der Waals surface area (Å²) in [7, 11) is 1.78. The SMILES string of the molecule is CCOCCNC(=NC)NCC(C)c1cccs1.I. The molecule has 0 saturated carbocycles. The Labute approximate surface area is 137 Å². The van der Waals surface area contributed by atoms with Crippen LogP contribution in [-0.4, -0.2) is 39.3 Å². The predicted molar refractivity (Wildman–Crippen MR) is 94.0 cm³/mol. The highest BCUT2D eigenvalue weighted by Crippen LogP contribution is 2.19. The van der Waals surface area contributed by atoms with Gasteiger partial charge in [-0.15, -0.1) is 35.3 Å². The number of nitrogens with one attached hydrogen (secondary N) is 2. The molecule has 0 aliphatic carbocycles. The third kappa shape index (κ3) is 7.74. The van der Waals surface area contributed by atoms with Crippen molar-refractivity contribution in [3.63, 3.8) is 0 Å². The second-order valence-electron chi connectivity index (χ2n) is 3.99. The van der Waals surface area contributed by atoms with Crippen LogP contribution in [0.4, 0.5) is 0 Å². The van der Waals surface area contributed by atoms with E-state index in [9.17, 15) is 0 Å². The first-order valence-electron chi connectivity index (χ1n) is 6.33. The fourth-order valence-corrected chi connectivity index (χ4v) is 2.32. The molecule has 4 nitrogen and oxygen atoms in total. The van der Waals surface area contributed by atoms with Gasteiger partial charge in [-0.1, -0.05) is 13.0 Å². The van der Waals surface area contributed by atoms with Crippen LogP contribution in [0, 0.1) is 0 Å². The Balaban J connectivity index is 0.00000324. The van der Waals surface area contributed by atoms with Gasteiger partial charge in [0.25, 0.3) is 0 Å². The lowest BCUT2D eigenvalue weighted by atomic mass is 10.1. The first-order valence-corrected chi connectivity index (χ1v) is 7.21. The van der Waals surface area contributed by atoms with E-state index in [-0.39, 0.29) is 24.0 Å². The largest absolute Gasteiger partial charge is 0.380 e. The quantitative estimate of drug-likeness (QED) is 0.322. The molecule has 1 aromatic rings. The zero-order valence-electron chi connectivity index (χ0n) is 11.8. The fraction of sp³-hybridized carbons (Fsp3) is 0.615. The van der Waals surface area contributed by atoms with Crippen LogP contribution >= 0.6 is 35.3 Å². The van der Waals surface area contributed by atoms with E-state index >= 15 is 0 Å². The summed E-state index contributed by atoms with van der Waals surface area (Å²) in [6.45, 7) is 7.33. The second-order valence-corrected chi connectivity index (χ2v) is 4.97. The average molecular weight is 397 g/mol. The van der Waals surface area contributed by atoms with E-state index in [0.717, 1.165) is 25.7 Å². The molecule has 1 aromatic heterocycles. The lowest BCUT2D eigenvalue weighted by Gasteiger charge is -2.15. The second kappa shape index (κ2) is 11.5. The number of ether oxygens (including phenoxy) is 1. The summed E-state index contributed by atoms with van der Waals surface area (Å²) >= 11 is 1.79. The lowest BCUT2D eigenvalue weighted by molar-refractivity contribution is 0.152. The highest BCUT2D eigenvalue weighted by molar-refractivity contribution is 14.0. The van der Waals surface area contributed by atoms with Crippen molar-refractivity contribution in [3.8, 4) is 0 Å². The molecule has 0 bridgehead atoms. The summed E-state index contributed by atoms with van der Waals surface area (Å²) in [5, 5.41) is 8.66. The van der Waals surface area contributed by atoms with Crippen molar-refractivity contribution in [3.05, 3.63) is 22.4 Å². The van der Waals surface area contributed by atoms with E-state index in [1.807, 2.05) is 6.92 Å². The highest BCUT2D eigenvalue weighted by atomic mass is 127. The maximum Gasteiger partial charge on any atom is 0.191 e. The topological polar surface area (TPSA) is 45.6 Å². The van der Waals surface area contributed by atoms with E-state index < -0.39 is 0 Å². The van der Waals surface area contributed by atoms with Crippen LogP contribution in [0.3, 0.4) is 0 Å². The lowest BCUT2D eigenvalue weighted by Crippen LogP contribution is -2.40. The smallest absolute Gasteiger partial charge is 0.191 e. The third-order valence-electron chi connectivity index (χ3n) is 2.57. The van der Waals surface area contributed by atoms with Crippen LogP contribution in [0.1, 0.15) is 24.6 Å². The maximum atomic E-state index is 5.27. The van der Waals surface area contributed by atoms with Crippen LogP contribution in [0.15, 0.2) is 22.5 Å². The van der Waals surface area contributed by atoms with Crippen LogP contribution in [-0.2, 0) is 4.74 Å². The molecule has 1 atom stereocenters. The highest BCUT2D eigenvalue weighted by Gasteiger charge is 2.07. The number of hydrogen-bond donors (Lipinski definition) is 2. The minimum absolute atomic E-state index is 0. The zero-order chi connectivity index (χ0) is 13.2. The Morgan fingerprint density at radius 2 is 2.26 bits per heavy atom. The van der Waals surface area contributed by atoms with Crippen molar-refractivity contribution in [2.75, 3.05) is 33.4 Å². The summed E-state index contributed by atoms with van der Waals surface area (Å²) in [6.07, 6.45) is 0. The normalized spacial score (nSPS) is 12.7. The van der Waals surface area contributed by atoms with Gasteiger partial charge in [0.1, 0.15) is 0 Å². The van der Waals surface area contributed by atoms with E-state index in [1.165, 1.54) is 4.88 Å². The van der Waals surface area contributed by atoms with Gasteiger partial charge in [-0.2, -0.15) is 0 Å². The number of aliphatic imine (C=N–C) groups is 1. The van der Waals surface area contributed by atoms with Crippen LogP contribution in [0.2, 0.25) is 0 Å². The Morgan fingerprint density at radius 3 is 2.84 bits per heavy atom. The molecule has 1 rings (SSSR count).